The van der Waals surface area contributed by atoms with Crippen molar-refractivity contribution < 1.29 is 23.1 Å². The second-order valence-corrected chi connectivity index (χ2v) is 5.43. The normalized spacial score (nSPS) is 10.4. The van der Waals surface area contributed by atoms with Gasteiger partial charge in [-0.3, -0.25) is 4.79 Å². The van der Waals surface area contributed by atoms with Gasteiger partial charge in [0.25, 0.3) is 5.91 Å². The molecule has 3 rings (SSSR count). The lowest BCUT2D eigenvalue weighted by atomic mass is 10.2. The van der Waals surface area contributed by atoms with Crippen molar-refractivity contribution in [1.29, 1.82) is 0 Å². The van der Waals surface area contributed by atoms with Crippen LogP contribution in [0.1, 0.15) is 10.6 Å². The molecular weight excluding hydrogens is 337 g/mol. The predicted octanol–water partition coefficient (Wildman–Crippen LogP) is 3.90. The van der Waals surface area contributed by atoms with E-state index in [0.29, 0.717) is 29.4 Å². The first-order chi connectivity index (χ1) is 12.7. The number of nitrogens with one attached hydrogen (secondary N) is 1. The third-order valence-electron chi connectivity index (χ3n) is 3.67. The standard InChI is InChI=1S/C20H18FNO4/c1-24-17-4-2-3-5-18(17)25-13-12-22-20(23)19-11-10-16(26-19)14-6-8-15(21)9-7-14/h2-11H,12-13H2,1H3,(H,22,23). The van der Waals surface area contributed by atoms with Gasteiger partial charge < -0.3 is 19.2 Å². The summed E-state index contributed by atoms with van der Waals surface area (Å²) in [5.74, 6) is 1.26. The number of amides is 1. The van der Waals surface area contributed by atoms with Gasteiger partial charge in [0, 0.05) is 5.56 Å². The molecule has 0 radical (unpaired) electrons. The van der Waals surface area contributed by atoms with E-state index in [0.717, 1.165) is 0 Å². The summed E-state index contributed by atoms with van der Waals surface area (Å²) >= 11 is 0. The Kier molecular flexibility index (Phi) is 5.53. The summed E-state index contributed by atoms with van der Waals surface area (Å²) in [6.07, 6.45) is 0. The summed E-state index contributed by atoms with van der Waals surface area (Å²) in [7, 11) is 1.57. The summed E-state index contributed by atoms with van der Waals surface area (Å²) < 4.78 is 29.3. The van der Waals surface area contributed by atoms with Crippen LogP contribution in [0.2, 0.25) is 0 Å². The number of methoxy groups -OCH3 is 1. The summed E-state index contributed by atoms with van der Waals surface area (Å²) in [6.45, 7) is 0.598. The molecule has 2 aromatic carbocycles. The van der Waals surface area contributed by atoms with E-state index >= 15 is 0 Å². The third-order valence-corrected chi connectivity index (χ3v) is 3.67. The van der Waals surface area contributed by atoms with Crippen molar-refractivity contribution in [2.24, 2.45) is 0 Å². The van der Waals surface area contributed by atoms with Gasteiger partial charge in [0.2, 0.25) is 0 Å². The Labute approximate surface area is 150 Å². The van der Waals surface area contributed by atoms with Crippen LogP contribution in [0.25, 0.3) is 11.3 Å². The van der Waals surface area contributed by atoms with Crippen LogP contribution in [-0.4, -0.2) is 26.2 Å². The maximum atomic E-state index is 13.0. The van der Waals surface area contributed by atoms with Crippen molar-refractivity contribution in [3.05, 3.63) is 72.2 Å². The maximum Gasteiger partial charge on any atom is 0.287 e. The Morgan fingerprint density at radius 2 is 1.77 bits per heavy atom. The zero-order valence-electron chi connectivity index (χ0n) is 14.2. The SMILES string of the molecule is COc1ccccc1OCCNC(=O)c1ccc(-c2ccc(F)cc2)o1. The number of para-hydroxylation sites is 2. The molecule has 0 spiro atoms. The van der Waals surface area contributed by atoms with Gasteiger partial charge in [-0.1, -0.05) is 12.1 Å². The van der Waals surface area contributed by atoms with Crippen molar-refractivity contribution >= 4 is 5.91 Å². The van der Waals surface area contributed by atoms with Crippen LogP contribution in [0.3, 0.4) is 0 Å². The van der Waals surface area contributed by atoms with Gasteiger partial charge >= 0.3 is 0 Å². The van der Waals surface area contributed by atoms with E-state index < -0.39 is 0 Å². The van der Waals surface area contributed by atoms with Crippen LogP contribution in [0.5, 0.6) is 11.5 Å². The molecule has 0 unspecified atom stereocenters. The number of carbonyl (C=O) groups is 1. The zero-order chi connectivity index (χ0) is 18.4. The van der Waals surface area contributed by atoms with E-state index in [1.807, 2.05) is 12.1 Å². The van der Waals surface area contributed by atoms with Gasteiger partial charge in [-0.2, -0.15) is 0 Å². The van der Waals surface area contributed by atoms with Crippen molar-refractivity contribution in [1.82, 2.24) is 5.32 Å². The fraction of sp³-hybridized carbons (Fsp3) is 0.150. The Hall–Kier alpha value is -3.28. The molecule has 0 saturated heterocycles. The van der Waals surface area contributed by atoms with Gasteiger partial charge in [-0.05, 0) is 48.5 Å². The topological polar surface area (TPSA) is 60.7 Å². The monoisotopic (exact) mass is 355 g/mol. The minimum absolute atomic E-state index is 0.182. The van der Waals surface area contributed by atoms with E-state index in [4.69, 9.17) is 13.9 Å². The molecule has 0 aliphatic heterocycles. The molecule has 1 aromatic heterocycles. The molecule has 1 N–H and O–H groups in total. The van der Waals surface area contributed by atoms with Crippen LogP contribution in [-0.2, 0) is 0 Å². The highest BCUT2D eigenvalue weighted by molar-refractivity contribution is 5.92. The van der Waals surface area contributed by atoms with E-state index in [9.17, 15) is 9.18 Å². The molecule has 0 atom stereocenters. The fourth-order valence-electron chi connectivity index (χ4n) is 2.38. The second-order valence-electron chi connectivity index (χ2n) is 5.43. The lowest BCUT2D eigenvalue weighted by molar-refractivity contribution is 0.0920. The van der Waals surface area contributed by atoms with Crippen LogP contribution >= 0.6 is 0 Å². The summed E-state index contributed by atoms with van der Waals surface area (Å²) in [4.78, 5) is 12.1. The van der Waals surface area contributed by atoms with E-state index in [1.54, 1.807) is 43.5 Å². The molecule has 1 amide bonds. The molecule has 5 nitrogen and oxygen atoms in total. The number of ether oxygens (including phenoxy) is 2. The van der Waals surface area contributed by atoms with Gasteiger partial charge in [0.1, 0.15) is 18.2 Å². The zero-order valence-corrected chi connectivity index (χ0v) is 14.2. The number of hydrogen-bond acceptors (Lipinski definition) is 4. The number of hydrogen-bond donors (Lipinski definition) is 1. The average molecular weight is 355 g/mol. The molecule has 0 aliphatic rings. The largest absolute Gasteiger partial charge is 0.493 e. The van der Waals surface area contributed by atoms with Crippen LogP contribution in [0.15, 0.2) is 65.1 Å². The molecule has 6 heteroatoms. The molecule has 0 fully saturated rings. The lowest BCUT2D eigenvalue weighted by Crippen LogP contribution is -2.27. The molecule has 0 bridgehead atoms. The molecule has 0 aliphatic carbocycles. The van der Waals surface area contributed by atoms with Crippen LogP contribution in [0, 0.1) is 5.82 Å². The fourth-order valence-corrected chi connectivity index (χ4v) is 2.38. The van der Waals surface area contributed by atoms with Crippen LogP contribution in [0.4, 0.5) is 4.39 Å². The maximum absolute atomic E-state index is 13.0. The quantitative estimate of drug-likeness (QED) is 0.653. The molecule has 3 aromatic rings. The molecule has 0 saturated carbocycles. The molecule has 134 valence electrons. The van der Waals surface area contributed by atoms with Gasteiger partial charge in [-0.15, -0.1) is 0 Å². The Balaban J connectivity index is 1.52. The first-order valence-corrected chi connectivity index (χ1v) is 8.07. The molecule has 26 heavy (non-hydrogen) atoms. The first-order valence-electron chi connectivity index (χ1n) is 8.07. The summed E-state index contributed by atoms with van der Waals surface area (Å²) in [5, 5.41) is 2.72. The minimum Gasteiger partial charge on any atom is -0.493 e. The predicted molar refractivity (Wildman–Crippen MR) is 94.9 cm³/mol. The highest BCUT2D eigenvalue weighted by atomic mass is 19.1. The number of benzene rings is 2. The number of rotatable bonds is 7. The van der Waals surface area contributed by atoms with Crippen LogP contribution < -0.4 is 14.8 Å². The van der Waals surface area contributed by atoms with Crippen molar-refractivity contribution in [3.63, 3.8) is 0 Å². The molecular formula is C20H18FNO4. The van der Waals surface area contributed by atoms with Crippen molar-refractivity contribution in [3.8, 4) is 22.8 Å². The van der Waals surface area contributed by atoms with Gasteiger partial charge in [-0.25, -0.2) is 4.39 Å². The van der Waals surface area contributed by atoms with Crippen molar-refractivity contribution in [2.45, 2.75) is 0 Å². The average Bonchev–Trinajstić information content (AvgIpc) is 3.16. The lowest BCUT2D eigenvalue weighted by Gasteiger charge is -2.10. The van der Waals surface area contributed by atoms with Gasteiger partial charge in [0.15, 0.2) is 17.3 Å². The van der Waals surface area contributed by atoms with E-state index in [2.05, 4.69) is 5.32 Å². The van der Waals surface area contributed by atoms with E-state index in [1.165, 1.54) is 12.1 Å². The highest BCUT2D eigenvalue weighted by Gasteiger charge is 2.12. The third kappa shape index (κ3) is 4.22. The minimum atomic E-state index is -0.345. The van der Waals surface area contributed by atoms with Crippen molar-refractivity contribution in [2.75, 3.05) is 20.3 Å². The highest BCUT2D eigenvalue weighted by Crippen LogP contribution is 2.25. The molecule has 1 heterocycles. The Morgan fingerprint density at radius 3 is 2.50 bits per heavy atom. The summed E-state index contributed by atoms with van der Waals surface area (Å²) in [6, 6.07) is 16.4. The smallest absolute Gasteiger partial charge is 0.287 e. The first kappa shape index (κ1) is 17.5. The summed E-state index contributed by atoms with van der Waals surface area (Å²) in [5.41, 5.74) is 0.699. The number of carbonyl (C=O) groups excluding carboxylic acids is 1. The second kappa shape index (κ2) is 8.20. The number of furan rings is 1. The van der Waals surface area contributed by atoms with Gasteiger partial charge in [0.05, 0.1) is 13.7 Å². The number of halogens is 1. The Morgan fingerprint density at radius 1 is 1.04 bits per heavy atom. The van der Waals surface area contributed by atoms with E-state index in [-0.39, 0.29) is 24.1 Å². The Bertz CT molecular complexity index is 874.